The standard InChI is InChI=1S/C13H17NO3/c1-9-4-6-12(7-5-9)8-14(11(3)15)10(2)13(16)17/h4-7,10H,8H2,1-3H3,(H,16,17). The van der Waals surface area contributed by atoms with Gasteiger partial charge in [0.15, 0.2) is 0 Å². The largest absolute Gasteiger partial charge is 0.480 e. The number of aryl methyl sites for hydroxylation is 1. The van der Waals surface area contributed by atoms with E-state index in [2.05, 4.69) is 0 Å². The van der Waals surface area contributed by atoms with E-state index in [4.69, 9.17) is 5.11 Å². The molecule has 1 atom stereocenters. The second-order valence-corrected chi connectivity index (χ2v) is 4.15. The van der Waals surface area contributed by atoms with Gasteiger partial charge in [0.1, 0.15) is 6.04 Å². The van der Waals surface area contributed by atoms with Crippen LogP contribution in [-0.4, -0.2) is 27.9 Å². The molecule has 0 radical (unpaired) electrons. The Morgan fingerprint density at radius 3 is 2.24 bits per heavy atom. The van der Waals surface area contributed by atoms with Gasteiger partial charge in [-0.15, -0.1) is 0 Å². The minimum Gasteiger partial charge on any atom is -0.480 e. The highest BCUT2D eigenvalue weighted by atomic mass is 16.4. The van der Waals surface area contributed by atoms with Gasteiger partial charge in [-0.05, 0) is 19.4 Å². The van der Waals surface area contributed by atoms with Crippen molar-refractivity contribution in [2.45, 2.75) is 33.4 Å². The summed E-state index contributed by atoms with van der Waals surface area (Å²) in [6.45, 7) is 5.20. The van der Waals surface area contributed by atoms with Crippen molar-refractivity contribution in [1.29, 1.82) is 0 Å². The third-order valence-electron chi connectivity index (χ3n) is 2.70. The molecule has 0 spiro atoms. The van der Waals surface area contributed by atoms with Crippen LogP contribution in [0.25, 0.3) is 0 Å². The Morgan fingerprint density at radius 1 is 1.29 bits per heavy atom. The van der Waals surface area contributed by atoms with Crippen LogP contribution in [0.3, 0.4) is 0 Å². The molecule has 0 saturated carbocycles. The number of carbonyl (C=O) groups is 2. The molecule has 4 heteroatoms. The lowest BCUT2D eigenvalue weighted by molar-refractivity contribution is -0.149. The van der Waals surface area contributed by atoms with Crippen molar-refractivity contribution in [3.63, 3.8) is 0 Å². The average molecular weight is 235 g/mol. The number of hydrogen-bond donors (Lipinski definition) is 1. The van der Waals surface area contributed by atoms with E-state index in [9.17, 15) is 9.59 Å². The fraction of sp³-hybridized carbons (Fsp3) is 0.385. The quantitative estimate of drug-likeness (QED) is 0.866. The molecule has 0 aliphatic heterocycles. The molecule has 0 heterocycles. The Labute approximate surface area is 101 Å². The van der Waals surface area contributed by atoms with E-state index < -0.39 is 12.0 Å². The summed E-state index contributed by atoms with van der Waals surface area (Å²) >= 11 is 0. The molecule has 1 N–H and O–H groups in total. The lowest BCUT2D eigenvalue weighted by Gasteiger charge is -2.25. The molecule has 0 saturated heterocycles. The summed E-state index contributed by atoms with van der Waals surface area (Å²) in [6, 6.07) is 6.88. The first kappa shape index (κ1) is 13.2. The number of carboxylic acids is 1. The number of amides is 1. The predicted octanol–water partition coefficient (Wildman–Crippen LogP) is 1.82. The molecule has 1 rings (SSSR count). The molecule has 4 nitrogen and oxygen atoms in total. The number of benzene rings is 1. The summed E-state index contributed by atoms with van der Waals surface area (Å²) in [6.07, 6.45) is 0. The maximum absolute atomic E-state index is 11.4. The predicted molar refractivity (Wildman–Crippen MR) is 64.5 cm³/mol. The van der Waals surface area contributed by atoms with Crippen molar-refractivity contribution in [1.82, 2.24) is 4.90 Å². The molecular weight excluding hydrogens is 218 g/mol. The highest BCUT2D eigenvalue weighted by Gasteiger charge is 2.22. The summed E-state index contributed by atoms with van der Waals surface area (Å²) < 4.78 is 0. The van der Waals surface area contributed by atoms with Gasteiger partial charge in [0.05, 0.1) is 0 Å². The van der Waals surface area contributed by atoms with Crippen molar-refractivity contribution in [3.8, 4) is 0 Å². The first-order valence-electron chi connectivity index (χ1n) is 5.47. The molecule has 1 unspecified atom stereocenters. The smallest absolute Gasteiger partial charge is 0.326 e. The van der Waals surface area contributed by atoms with E-state index in [0.29, 0.717) is 6.54 Å². The first-order chi connectivity index (χ1) is 7.91. The van der Waals surface area contributed by atoms with Crippen LogP contribution < -0.4 is 0 Å². The van der Waals surface area contributed by atoms with Crippen molar-refractivity contribution < 1.29 is 14.7 Å². The van der Waals surface area contributed by atoms with Gasteiger partial charge in [-0.3, -0.25) is 4.79 Å². The summed E-state index contributed by atoms with van der Waals surface area (Å²) in [5.41, 5.74) is 2.06. The van der Waals surface area contributed by atoms with Gasteiger partial charge in [0, 0.05) is 13.5 Å². The van der Waals surface area contributed by atoms with E-state index >= 15 is 0 Å². The first-order valence-corrected chi connectivity index (χ1v) is 5.47. The van der Waals surface area contributed by atoms with Gasteiger partial charge < -0.3 is 10.0 Å². The normalized spacial score (nSPS) is 11.9. The van der Waals surface area contributed by atoms with E-state index in [0.717, 1.165) is 11.1 Å². The number of hydrogen-bond acceptors (Lipinski definition) is 2. The fourth-order valence-electron chi connectivity index (χ4n) is 1.54. The number of carboxylic acid groups (broad SMARTS) is 1. The number of nitrogens with zero attached hydrogens (tertiary/aromatic N) is 1. The molecule has 1 amide bonds. The zero-order valence-corrected chi connectivity index (χ0v) is 10.3. The third-order valence-corrected chi connectivity index (χ3v) is 2.70. The number of aliphatic carboxylic acids is 1. The number of rotatable bonds is 4. The van der Waals surface area contributed by atoms with Crippen LogP contribution in [0, 0.1) is 6.92 Å². The van der Waals surface area contributed by atoms with Gasteiger partial charge >= 0.3 is 5.97 Å². The van der Waals surface area contributed by atoms with Gasteiger partial charge in [0.2, 0.25) is 5.91 Å². The average Bonchev–Trinajstić information content (AvgIpc) is 2.26. The molecule has 0 fully saturated rings. The summed E-state index contributed by atoms with van der Waals surface area (Å²) in [4.78, 5) is 23.7. The second kappa shape index (κ2) is 5.48. The monoisotopic (exact) mass is 235 g/mol. The van der Waals surface area contributed by atoms with Gasteiger partial charge in [-0.1, -0.05) is 29.8 Å². The zero-order chi connectivity index (χ0) is 13.0. The Morgan fingerprint density at radius 2 is 1.82 bits per heavy atom. The Bertz CT molecular complexity index is 411. The fourth-order valence-corrected chi connectivity index (χ4v) is 1.54. The van der Waals surface area contributed by atoms with E-state index in [1.165, 1.54) is 18.7 Å². The highest BCUT2D eigenvalue weighted by Crippen LogP contribution is 2.10. The SMILES string of the molecule is CC(=O)N(Cc1ccc(C)cc1)C(C)C(=O)O. The lowest BCUT2D eigenvalue weighted by atomic mass is 10.1. The molecular formula is C13H17NO3. The van der Waals surface area contributed by atoms with Crippen molar-refractivity contribution >= 4 is 11.9 Å². The van der Waals surface area contributed by atoms with Crippen molar-refractivity contribution in [3.05, 3.63) is 35.4 Å². The molecule has 1 aromatic rings. The maximum atomic E-state index is 11.4. The summed E-state index contributed by atoms with van der Waals surface area (Å²) in [7, 11) is 0. The maximum Gasteiger partial charge on any atom is 0.326 e. The summed E-state index contributed by atoms with van der Waals surface area (Å²) in [5.74, 6) is -1.23. The third kappa shape index (κ3) is 3.59. The number of carbonyl (C=O) groups excluding carboxylic acids is 1. The Hall–Kier alpha value is -1.84. The second-order valence-electron chi connectivity index (χ2n) is 4.15. The van der Waals surface area contributed by atoms with Crippen LogP contribution in [0.1, 0.15) is 25.0 Å². The molecule has 0 bridgehead atoms. The van der Waals surface area contributed by atoms with Crippen molar-refractivity contribution in [2.75, 3.05) is 0 Å². The van der Waals surface area contributed by atoms with E-state index in [1.54, 1.807) is 0 Å². The highest BCUT2D eigenvalue weighted by molar-refractivity contribution is 5.81. The van der Waals surface area contributed by atoms with E-state index in [-0.39, 0.29) is 5.91 Å². The van der Waals surface area contributed by atoms with Gasteiger partial charge in [-0.2, -0.15) is 0 Å². The van der Waals surface area contributed by atoms with Crippen molar-refractivity contribution in [2.24, 2.45) is 0 Å². The van der Waals surface area contributed by atoms with Crippen LogP contribution in [0.4, 0.5) is 0 Å². The molecule has 17 heavy (non-hydrogen) atoms. The van der Waals surface area contributed by atoms with Crippen LogP contribution in [0.2, 0.25) is 0 Å². The van der Waals surface area contributed by atoms with Gasteiger partial charge in [0.25, 0.3) is 0 Å². The van der Waals surface area contributed by atoms with Crippen LogP contribution in [0.5, 0.6) is 0 Å². The topological polar surface area (TPSA) is 57.6 Å². The van der Waals surface area contributed by atoms with Crippen LogP contribution in [0.15, 0.2) is 24.3 Å². The molecule has 92 valence electrons. The molecule has 0 aliphatic rings. The van der Waals surface area contributed by atoms with Crippen LogP contribution in [-0.2, 0) is 16.1 Å². The van der Waals surface area contributed by atoms with E-state index in [1.807, 2.05) is 31.2 Å². The minimum atomic E-state index is -0.993. The van der Waals surface area contributed by atoms with Gasteiger partial charge in [-0.25, -0.2) is 4.79 Å². The zero-order valence-electron chi connectivity index (χ0n) is 10.3. The molecule has 0 aliphatic carbocycles. The van der Waals surface area contributed by atoms with Crippen LogP contribution >= 0.6 is 0 Å². The Kier molecular flexibility index (Phi) is 4.26. The summed E-state index contributed by atoms with van der Waals surface area (Å²) in [5, 5.41) is 8.93. The Balaban J connectivity index is 2.84. The minimum absolute atomic E-state index is 0.236. The lowest BCUT2D eigenvalue weighted by Crippen LogP contribution is -2.41. The molecule has 1 aromatic carbocycles. The molecule has 0 aromatic heterocycles.